The first-order valence-electron chi connectivity index (χ1n) is 5.68. The van der Waals surface area contributed by atoms with Crippen LogP contribution in [0.1, 0.15) is 16.8 Å². The van der Waals surface area contributed by atoms with Gasteiger partial charge in [0.25, 0.3) is 0 Å². The van der Waals surface area contributed by atoms with Gasteiger partial charge in [-0.05, 0) is 37.1 Å². The zero-order valence-corrected chi connectivity index (χ0v) is 10.7. The number of rotatable bonds is 3. The number of carboxylic acid groups (broad SMARTS) is 1. The van der Waals surface area contributed by atoms with Crippen LogP contribution in [0, 0.1) is 13.8 Å². The molecule has 1 N–H and O–H groups in total. The van der Waals surface area contributed by atoms with Crippen LogP contribution in [0.5, 0.6) is 5.75 Å². The molecule has 0 aliphatic rings. The van der Waals surface area contributed by atoms with Gasteiger partial charge in [0, 0.05) is 11.1 Å². The predicted octanol–water partition coefficient (Wildman–Crippen LogP) is 2.49. The smallest absolute Gasteiger partial charge is 0.307 e. The minimum atomic E-state index is -0.846. The standard InChI is InChI=1S/C14H15NO3/c1-8-6-9(2)15-14-11(18-3)5-4-10(13(8)14)7-12(16)17/h4-6H,7H2,1-3H3,(H,16,17). The van der Waals surface area contributed by atoms with Crippen LogP contribution >= 0.6 is 0 Å². The monoisotopic (exact) mass is 245 g/mol. The van der Waals surface area contributed by atoms with Crippen molar-refractivity contribution in [2.24, 2.45) is 0 Å². The van der Waals surface area contributed by atoms with Gasteiger partial charge in [-0.25, -0.2) is 4.98 Å². The van der Waals surface area contributed by atoms with Crippen molar-refractivity contribution in [1.82, 2.24) is 4.98 Å². The lowest BCUT2D eigenvalue weighted by atomic mass is 10.00. The molecule has 4 heteroatoms. The summed E-state index contributed by atoms with van der Waals surface area (Å²) in [6.45, 7) is 3.87. The number of pyridine rings is 1. The molecular weight excluding hydrogens is 230 g/mol. The number of ether oxygens (including phenoxy) is 1. The van der Waals surface area contributed by atoms with E-state index in [1.165, 1.54) is 0 Å². The van der Waals surface area contributed by atoms with Gasteiger partial charge in [0.1, 0.15) is 11.3 Å². The van der Waals surface area contributed by atoms with Gasteiger partial charge >= 0.3 is 5.97 Å². The molecule has 0 amide bonds. The summed E-state index contributed by atoms with van der Waals surface area (Å²) in [6.07, 6.45) is -0.00786. The Morgan fingerprint density at radius 2 is 2.11 bits per heavy atom. The first-order valence-corrected chi connectivity index (χ1v) is 5.68. The molecule has 4 nitrogen and oxygen atoms in total. The molecule has 0 spiro atoms. The van der Waals surface area contributed by atoms with E-state index in [0.717, 1.165) is 27.7 Å². The Labute approximate surface area is 105 Å². The fraction of sp³-hybridized carbons (Fsp3) is 0.286. The minimum Gasteiger partial charge on any atom is -0.494 e. The highest BCUT2D eigenvalue weighted by atomic mass is 16.5. The Morgan fingerprint density at radius 1 is 1.39 bits per heavy atom. The van der Waals surface area contributed by atoms with Crippen LogP contribution in [0.2, 0.25) is 0 Å². The van der Waals surface area contributed by atoms with Gasteiger partial charge in [-0.1, -0.05) is 6.07 Å². The summed E-state index contributed by atoms with van der Waals surface area (Å²) in [6, 6.07) is 5.51. The summed E-state index contributed by atoms with van der Waals surface area (Å²) in [4.78, 5) is 15.4. The van der Waals surface area contributed by atoms with Crippen LogP contribution < -0.4 is 4.74 Å². The van der Waals surface area contributed by atoms with Crippen molar-refractivity contribution in [3.8, 4) is 5.75 Å². The average Bonchev–Trinajstić information content (AvgIpc) is 2.27. The van der Waals surface area contributed by atoms with E-state index in [9.17, 15) is 4.79 Å². The molecule has 0 aliphatic heterocycles. The van der Waals surface area contributed by atoms with E-state index in [1.807, 2.05) is 19.9 Å². The van der Waals surface area contributed by atoms with E-state index in [2.05, 4.69) is 4.98 Å². The minimum absolute atomic E-state index is 0.00786. The molecule has 0 saturated carbocycles. The quantitative estimate of drug-likeness (QED) is 0.902. The molecule has 2 rings (SSSR count). The zero-order chi connectivity index (χ0) is 13.3. The number of carbonyl (C=O) groups is 1. The van der Waals surface area contributed by atoms with E-state index < -0.39 is 5.97 Å². The molecule has 0 fully saturated rings. The van der Waals surface area contributed by atoms with Crippen LogP contribution in [0.3, 0.4) is 0 Å². The third-order valence-electron chi connectivity index (χ3n) is 2.90. The van der Waals surface area contributed by atoms with E-state index in [0.29, 0.717) is 5.75 Å². The summed E-state index contributed by atoms with van der Waals surface area (Å²) in [7, 11) is 1.59. The second kappa shape index (κ2) is 4.64. The van der Waals surface area contributed by atoms with Crippen LogP contribution in [-0.2, 0) is 11.2 Å². The van der Waals surface area contributed by atoms with Gasteiger partial charge in [-0.2, -0.15) is 0 Å². The maximum absolute atomic E-state index is 10.9. The van der Waals surface area contributed by atoms with Crippen molar-refractivity contribution in [2.75, 3.05) is 7.11 Å². The maximum Gasteiger partial charge on any atom is 0.307 e. The van der Waals surface area contributed by atoms with Crippen molar-refractivity contribution < 1.29 is 14.6 Å². The van der Waals surface area contributed by atoms with Crippen molar-refractivity contribution in [3.63, 3.8) is 0 Å². The Hall–Kier alpha value is -2.10. The third-order valence-corrected chi connectivity index (χ3v) is 2.90. The molecule has 2 aromatic rings. The molecule has 0 radical (unpaired) electrons. The lowest BCUT2D eigenvalue weighted by Gasteiger charge is -2.11. The molecule has 0 saturated heterocycles. The lowest BCUT2D eigenvalue weighted by Crippen LogP contribution is -2.03. The fourth-order valence-electron chi connectivity index (χ4n) is 2.23. The second-order valence-electron chi connectivity index (χ2n) is 4.30. The third kappa shape index (κ3) is 2.14. The maximum atomic E-state index is 10.9. The highest BCUT2D eigenvalue weighted by Crippen LogP contribution is 2.30. The van der Waals surface area contributed by atoms with Crippen LogP contribution in [0.25, 0.3) is 10.9 Å². The lowest BCUT2D eigenvalue weighted by molar-refractivity contribution is -0.136. The molecule has 1 heterocycles. The highest BCUT2D eigenvalue weighted by molar-refractivity contribution is 5.92. The molecule has 0 unspecified atom stereocenters. The molecule has 0 bridgehead atoms. The summed E-state index contributed by atoms with van der Waals surface area (Å²) in [5, 5.41) is 9.82. The number of aromatic nitrogens is 1. The summed E-state index contributed by atoms with van der Waals surface area (Å²) in [5.74, 6) is -0.174. The van der Waals surface area contributed by atoms with Crippen LogP contribution in [-0.4, -0.2) is 23.2 Å². The van der Waals surface area contributed by atoms with Crippen LogP contribution in [0.4, 0.5) is 0 Å². The number of aliphatic carboxylic acids is 1. The number of methoxy groups -OCH3 is 1. The van der Waals surface area contributed by atoms with Gasteiger partial charge in [0.2, 0.25) is 0 Å². The van der Waals surface area contributed by atoms with Gasteiger partial charge in [0.15, 0.2) is 0 Å². The van der Waals surface area contributed by atoms with Crippen molar-refractivity contribution in [3.05, 3.63) is 35.0 Å². The number of nitrogens with zero attached hydrogens (tertiary/aromatic N) is 1. The van der Waals surface area contributed by atoms with E-state index >= 15 is 0 Å². The molecule has 1 aromatic heterocycles. The normalized spacial score (nSPS) is 10.6. The Balaban J connectivity index is 2.79. The summed E-state index contributed by atoms with van der Waals surface area (Å²) >= 11 is 0. The summed E-state index contributed by atoms with van der Waals surface area (Å²) < 4.78 is 5.29. The van der Waals surface area contributed by atoms with Crippen molar-refractivity contribution in [1.29, 1.82) is 0 Å². The number of benzene rings is 1. The number of hydrogen-bond donors (Lipinski definition) is 1. The Bertz CT molecular complexity index is 620. The molecule has 94 valence electrons. The van der Waals surface area contributed by atoms with E-state index in [-0.39, 0.29) is 6.42 Å². The highest BCUT2D eigenvalue weighted by Gasteiger charge is 2.13. The average molecular weight is 245 g/mol. The first kappa shape index (κ1) is 12.4. The second-order valence-corrected chi connectivity index (χ2v) is 4.30. The molecular formula is C14H15NO3. The Morgan fingerprint density at radius 3 is 2.72 bits per heavy atom. The molecule has 1 aromatic carbocycles. The summed E-state index contributed by atoms with van der Waals surface area (Å²) in [5.41, 5.74) is 3.41. The fourth-order valence-corrected chi connectivity index (χ4v) is 2.23. The zero-order valence-electron chi connectivity index (χ0n) is 10.7. The molecule has 0 aliphatic carbocycles. The first-order chi connectivity index (χ1) is 8.52. The van der Waals surface area contributed by atoms with E-state index in [1.54, 1.807) is 19.2 Å². The van der Waals surface area contributed by atoms with Gasteiger partial charge < -0.3 is 9.84 Å². The SMILES string of the molecule is COc1ccc(CC(=O)O)c2c(C)cc(C)nc12. The largest absolute Gasteiger partial charge is 0.494 e. The predicted molar refractivity (Wildman–Crippen MR) is 69.1 cm³/mol. The van der Waals surface area contributed by atoms with Gasteiger partial charge in [-0.3, -0.25) is 4.79 Å². The molecule has 0 atom stereocenters. The Kier molecular flexibility index (Phi) is 3.19. The van der Waals surface area contributed by atoms with Crippen molar-refractivity contribution >= 4 is 16.9 Å². The number of carboxylic acids is 1. The molecule has 18 heavy (non-hydrogen) atoms. The van der Waals surface area contributed by atoms with Crippen LogP contribution in [0.15, 0.2) is 18.2 Å². The number of hydrogen-bond acceptors (Lipinski definition) is 3. The number of fused-ring (bicyclic) bond motifs is 1. The van der Waals surface area contributed by atoms with Gasteiger partial charge in [-0.15, -0.1) is 0 Å². The topological polar surface area (TPSA) is 59.4 Å². The van der Waals surface area contributed by atoms with Gasteiger partial charge in [0.05, 0.1) is 13.5 Å². The van der Waals surface area contributed by atoms with E-state index in [4.69, 9.17) is 9.84 Å². The number of aryl methyl sites for hydroxylation is 2. The van der Waals surface area contributed by atoms with Crippen molar-refractivity contribution in [2.45, 2.75) is 20.3 Å².